The van der Waals surface area contributed by atoms with Crippen LogP contribution in [0, 0.1) is 11.6 Å². The number of hydrogen-bond donors (Lipinski definition) is 2. The number of aromatic hydroxyl groups is 2. The molecule has 39 heavy (non-hydrogen) atoms. The zero-order chi connectivity index (χ0) is 29.5. The fourth-order valence-corrected chi connectivity index (χ4v) is 22.6. The normalized spacial score (nSPS) is 15.4. The summed E-state index contributed by atoms with van der Waals surface area (Å²) in [5, 5.41) is 18.8. The van der Waals surface area contributed by atoms with E-state index >= 15 is 0 Å². The highest BCUT2D eigenvalue weighted by molar-refractivity contribution is 6.89. The van der Waals surface area contributed by atoms with Crippen LogP contribution >= 0.6 is 0 Å². The molecule has 0 radical (unpaired) electrons. The van der Waals surface area contributed by atoms with E-state index in [1.54, 1.807) is 0 Å². The maximum atomic E-state index is 13.6. The molecule has 220 valence electrons. The molecule has 0 aliphatic heterocycles. The molecule has 0 fully saturated rings. The number of phenols is 2. The second-order valence-electron chi connectivity index (χ2n) is 11.9. The van der Waals surface area contributed by atoms with Crippen molar-refractivity contribution in [2.75, 3.05) is 13.2 Å². The van der Waals surface area contributed by atoms with Gasteiger partial charge in [0.1, 0.15) is 11.5 Å². The van der Waals surface area contributed by atoms with E-state index in [4.69, 9.17) is 21.8 Å². The fourth-order valence-electron chi connectivity index (χ4n) is 4.32. The predicted octanol–water partition coefficient (Wildman–Crippen LogP) is 7.48. The molecule has 2 unspecified atom stereocenters. The molecule has 0 amide bonds. The first kappa shape index (κ1) is 33.5. The second kappa shape index (κ2) is 13.7. The van der Waals surface area contributed by atoms with E-state index in [-0.39, 0.29) is 0 Å². The Kier molecular flexibility index (Phi) is 11.8. The molecule has 0 aromatic heterocycles. The molecule has 2 aromatic carbocycles. The van der Waals surface area contributed by atoms with Crippen molar-refractivity contribution in [2.45, 2.75) is 77.3 Å². The van der Waals surface area contributed by atoms with Crippen molar-refractivity contribution in [2.24, 2.45) is 0 Å². The van der Waals surface area contributed by atoms with Gasteiger partial charge in [0, 0.05) is 12.1 Å². The number of hydrogen-bond acceptors (Lipinski definition) is 7. The van der Waals surface area contributed by atoms with Crippen molar-refractivity contribution >= 4 is 33.8 Å². The zero-order valence-corrected chi connectivity index (χ0v) is 28.4. The average molecular weight is 619 g/mol. The van der Waals surface area contributed by atoms with Crippen molar-refractivity contribution in [1.29, 1.82) is 0 Å². The van der Waals surface area contributed by atoms with Crippen LogP contribution in [0.2, 0.25) is 64.5 Å². The summed E-state index contributed by atoms with van der Waals surface area (Å²) in [6.45, 7) is 17.7. The minimum absolute atomic E-state index is 0.357. The maximum absolute atomic E-state index is 13.6. The number of halogens is 2. The summed E-state index contributed by atoms with van der Waals surface area (Å²) in [7, 11) is -9.35. The average Bonchev–Trinajstić information content (AvgIpc) is 2.76. The summed E-state index contributed by atoms with van der Waals surface area (Å²) in [5.74, 6) is -1.55. The van der Waals surface area contributed by atoms with Gasteiger partial charge in [-0.2, -0.15) is 0 Å². The Morgan fingerprint density at radius 1 is 0.590 bits per heavy atom. The third-order valence-electron chi connectivity index (χ3n) is 5.40. The Morgan fingerprint density at radius 3 is 1.26 bits per heavy atom. The van der Waals surface area contributed by atoms with Gasteiger partial charge in [0.25, 0.3) is 0 Å². The van der Waals surface area contributed by atoms with Crippen molar-refractivity contribution in [3.8, 4) is 23.0 Å². The van der Waals surface area contributed by atoms with Crippen molar-refractivity contribution in [3.63, 3.8) is 0 Å². The van der Waals surface area contributed by atoms with Gasteiger partial charge in [-0.3, -0.25) is 0 Å². The number of benzene rings is 2. The van der Waals surface area contributed by atoms with Crippen LogP contribution in [0.15, 0.2) is 36.4 Å². The Balaban J connectivity index is 2.07. The van der Waals surface area contributed by atoms with E-state index in [9.17, 15) is 19.0 Å². The van der Waals surface area contributed by atoms with Gasteiger partial charge in [-0.25, -0.2) is 8.78 Å². The lowest BCUT2D eigenvalue weighted by atomic mass is 10.3. The van der Waals surface area contributed by atoms with E-state index in [0.29, 0.717) is 49.6 Å². The molecule has 0 bridgehead atoms. The molecule has 0 spiro atoms. The van der Waals surface area contributed by atoms with Gasteiger partial charge >= 0.3 is 17.1 Å². The lowest BCUT2D eigenvalue weighted by Crippen LogP contribution is -2.58. The molecule has 0 aliphatic rings. The van der Waals surface area contributed by atoms with Gasteiger partial charge in [0.15, 0.2) is 39.8 Å². The minimum Gasteiger partial charge on any atom is -0.505 e. The number of ether oxygens (including phenoxy) is 2. The largest absolute Gasteiger partial charge is 0.505 e. The summed E-state index contributed by atoms with van der Waals surface area (Å²) in [5.41, 5.74) is 0. The fraction of sp³-hybridized carbons (Fsp3) is 0.538. The SMILES string of the molecule is C[Si](C)(C)O[Si](C)(CCCOc1ccc(O)c(F)c1)O[Si](C)(CCCOc1ccc(O)c(F)c1)O[Si](C)(C)C. The molecule has 13 heteroatoms. The third kappa shape index (κ3) is 12.5. The van der Waals surface area contributed by atoms with Gasteiger partial charge in [-0.1, -0.05) is 0 Å². The van der Waals surface area contributed by atoms with Crippen LogP contribution in [0.1, 0.15) is 12.8 Å². The van der Waals surface area contributed by atoms with E-state index in [2.05, 4.69) is 52.4 Å². The Labute approximate surface area is 235 Å². The van der Waals surface area contributed by atoms with Crippen molar-refractivity contribution in [3.05, 3.63) is 48.0 Å². The molecule has 7 nitrogen and oxygen atoms in total. The predicted molar refractivity (Wildman–Crippen MR) is 159 cm³/mol. The topological polar surface area (TPSA) is 86.6 Å². The lowest BCUT2D eigenvalue weighted by molar-refractivity contribution is 0.282. The molecular formula is C26H44F2O7Si4. The molecule has 2 N–H and O–H groups in total. The second-order valence-corrected chi connectivity index (χ2v) is 28.4. The first-order valence-electron chi connectivity index (χ1n) is 13.2. The van der Waals surface area contributed by atoms with Crippen LogP contribution < -0.4 is 9.47 Å². The molecule has 2 aromatic rings. The molecular weight excluding hydrogens is 575 g/mol. The Hall–Kier alpha value is -1.75. The van der Waals surface area contributed by atoms with Gasteiger partial charge < -0.3 is 32.0 Å². The van der Waals surface area contributed by atoms with E-state index in [0.717, 1.165) is 0 Å². The van der Waals surface area contributed by atoms with E-state index < -0.39 is 56.9 Å². The maximum Gasteiger partial charge on any atom is 0.316 e. The van der Waals surface area contributed by atoms with Crippen LogP contribution in [0.3, 0.4) is 0 Å². The molecule has 2 rings (SSSR count). The molecule has 0 saturated carbocycles. The van der Waals surface area contributed by atoms with Crippen LogP contribution in [0.4, 0.5) is 8.78 Å². The highest BCUT2D eigenvalue weighted by Gasteiger charge is 2.46. The summed E-state index contributed by atoms with van der Waals surface area (Å²) >= 11 is 0. The first-order chi connectivity index (χ1) is 17.9. The van der Waals surface area contributed by atoms with Crippen LogP contribution in [-0.4, -0.2) is 57.2 Å². The van der Waals surface area contributed by atoms with Crippen LogP contribution in [0.5, 0.6) is 23.0 Å². The Morgan fingerprint density at radius 2 is 0.949 bits per heavy atom. The lowest BCUT2D eigenvalue weighted by Gasteiger charge is -2.43. The standard InChI is InChI=1S/C26H44F2O7Si4/c1-36(2,3)33-38(7,17-9-15-31-21-11-13-25(29)23(27)19-21)35-39(8,34-37(4,5)6)18-10-16-32-22-12-14-26(30)24(28)20-22/h11-14,19-20,29-30H,9-10,15-18H2,1-8H3. The van der Waals surface area contributed by atoms with E-state index in [1.165, 1.54) is 36.4 Å². The minimum atomic E-state index is -2.71. The van der Waals surface area contributed by atoms with Gasteiger partial charge in [0.2, 0.25) is 0 Å². The van der Waals surface area contributed by atoms with Gasteiger partial charge in [0.05, 0.1) is 13.2 Å². The third-order valence-corrected chi connectivity index (χ3v) is 19.7. The summed E-state index contributed by atoms with van der Waals surface area (Å²) in [6.07, 6.45) is 1.31. The highest BCUT2D eigenvalue weighted by Crippen LogP contribution is 2.31. The molecule has 0 saturated heterocycles. The van der Waals surface area contributed by atoms with Crippen LogP contribution in [0.25, 0.3) is 0 Å². The quantitative estimate of drug-likeness (QED) is 0.149. The Bertz CT molecular complexity index is 998. The monoisotopic (exact) mass is 618 g/mol. The summed E-state index contributed by atoms with van der Waals surface area (Å²) in [4.78, 5) is 0. The van der Waals surface area contributed by atoms with Crippen molar-refractivity contribution in [1.82, 2.24) is 0 Å². The van der Waals surface area contributed by atoms with Crippen molar-refractivity contribution < 1.29 is 40.8 Å². The highest BCUT2D eigenvalue weighted by atomic mass is 28.5. The summed E-state index contributed by atoms with van der Waals surface area (Å²) < 4.78 is 59.1. The van der Waals surface area contributed by atoms with Crippen LogP contribution in [-0.2, 0) is 12.3 Å². The molecule has 2 atom stereocenters. The van der Waals surface area contributed by atoms with Gasteiger partial charge in [-0.15, -0.1) is 0 Å². The first-order valence-corrected chi connectivity index (χ1v) is 25.1. The molecule has 0 aliphatic carbocycles. The molecule has 0 heterocycles. The van der Waals surface area contributed by atoms with Gasteiger partial charge in [-0.05, 0) is 102 Å². The zero-order valence-electron chi connectivity index (χ0n) is 24.4. The summed E-state index contributed by atoms with van der Waals surface area (Å²) in [6, 6.07) is 9.30. The number of rotatable bonds is 16. The number of phenolic OH excluding ortho intramolecular Hbond substituents is 2. The smallest absolute Gasteiger partial charge is 0.316 e. The van der Waals surface area contributed by atoms with E-state index in [1.807, 2.05) is 0 Å².